The molecule has 2 atom stereocenters. The van der Waals surface area contributed by atoms with Crippen molar-refractivity contribution in [3.8, 4) is 39.9 Å². The van der Waals surface area contributed by atoms with Crippen LogP contribution in [0.3, 0.4) is 0 Å². The summed E-state index contributed by atoms with van der Waals surface area (Å²) in [6.45, 7) is 4.75. The zero-order valence-electron chi connectivity index (χ0n) is 32.9. The highest BCUT2D eigenvalue weighted by atomic mass is 16.3. The van der Waals surface area contributed by atoms with E-state index in [2.05, 4.69) is 158 Å². The van der Waals surface area contributed by atoms with Crippen LogP contribution in [-0.4, -0.2) is 19.5 Å². The Morgan fingerprint density at radius 1 is 0.610 bits per heavy atom. The van der Waals surface area contributed by atoms with Crippen molar-refractivity contribution in [3.63, 3.8) is 0 Å². The van der Waals surface area contributed by atoms with E-state index >= 15 is 0 Å². The summed E-state index contributed by atoms with van der Waals surface area (Å²) >= 11 is 0. The molecule has 5 nitrogen and oxygen atoms in total. The van der Waals surface area contributed by atoms with Gasteiger partial charge < -0.3 is 4.42 Å². The molecule has 3 aliphatic rings. The minimum Gasteiger partial charge on any atom is -0.455 e. The smallest absolute Gasteiger partial charge is 0.238 e. The lowest BCUT2D eigenvalue weighted by Crippen LogP contribution is -2.31. The average Bonchev–Trinajstić information content (AvgIpc) is 3.94. The van der Waals surface area contributed by atoms with E-state index in [9.17, 15) is 0 Å². The number of fused-ring (bicyclic) bond motifs is 9. The van der Waals surface area contributed by atoms with Crippen molar-refractivity contribution < 1.29 is 4.42 Å². The average molecular weight is 761 g/mol. The van der Waals surface area contributed by atoms with Crippen LogP contribution < -0.4 is 0 Å². The Kier molecular flexibility index (Phi) is 7.46. The summed E-state index contributed by atoms with van der Waals surface area (Å²) in [5.74, 6) is 2.31. The maximum Gasteiger partial charge on any atom is 0.238 e. The molecule has 0 aliphatic heterocycles. The first-order chi connectivity index (χ1) is 29.1. The predicted octanol–water partition coefficient (Wildman–Crippen LogP) is 13.3. The summed E-state index contributed by atoms with van der Waals surface area (Å²) < 4.78 is 8.97. The molecule has 0 fully saturated rings. The SMILES string of the molecule is CC1CC(C2(c3ccccc3)c3ccccc3-c3ccccc32)=Cc2c1c1c(n2-c2nc(-c3ccccc3)nc(-c3cccc4c3oc3ccccc34)n2)C(C)CC=C1. The van der Waals surface area contributed by atoms with Crippen LogP contribution in [0.15, 0.2) is 168 Å². The van der Waals surface area contributed by atoms with Gasteiger partial charge in [-0.2, -0.15) is 9.97 Å². The molecule has 6 aromatic carbocycles. The number of hydrogen-bond acceptors (Lipinski definition) is 4. The highest BCUT2D eigenvalue weighted by Crippen LogP contribution is 2.60. The third-order valence-electron chi connectivity index (χ3n) is 13.0. The first-order valence-corrected chi connectivity index (χ1v) is 20.7. The van der Waals surface area contributed by atoms with E-state index in [-0.39, 0.29) is 11.8 Å². The van der Waals surface area contributed by atoms with Gasteiger partial charge in [-0.25, -0.2) is 4.98 Å². The van der Waals surface area contributed by atoms with Gasteiger partial charge in [0.1, 0.15) is 11.2 Å². The van der Waals surface area contributed by atoms with E-state index in [1.807, 2.05) is 30.3 Å². The maximum absolute atomic E-state index is 6.58. The lowest BCUT2D eigenvalue weighted by Gasteiger charge is -2.39. The molecule has 3 aliphatic carbocycles. The Labute approximate surface area is 343 Å². The number of furan rings is 1. The van der Waals surface area contributed by atoms with E-state index in [1.54, 1.807) is 0 Å². The number of rotatable bonds is 5. The minimum absolute atomic E-state index is 0.231. The largest absolute Gasteiger partial charge is 0.455 e. The normalized spacial score (nSPS) is 17.4. The molecule has 3 aromatic heterocycles. The van der Waals surface area contributed by atoms with Crippen LogP contribution in [0, 0.1) is 0 Å². The zero-order valence-corrected chi connectivity index (χ0v) is 32.9. The molecular weight excluding hydrogens is 721 g/mol. The number of para-hydroxylation sites is 2. The molecular formula is C54H40N4O. The fraction of sp³-hybridized carbons (Fsp3) is 0.130. The van der Waals surface area contributed by atoms with Gasteiger partial charge in [0.05, 0.1) is 16.7 Å². The van der Waals surface area contributed by atoms with Gasteiger partial charge in [0.2, 0.25) is 5.95 Å². The number of aromatic nitrogens is 4. The summed E-state index contributed by atoms with van der Waals surface area (Å²) in [5.41, 5.74) is 15.9. The van der Waals surface area contributed by atoms with Gasteiger partial charge in [0, 0.05) is 27.9 Å². The molecule has 2 unspecified atom stereocenters. The Balaban J connectivity index is 1.17. The van der Waals surface area contributed by atoms with E-state index < -0.39 is 5.41 Å². The third kappa shape index (κ3) is 4.88. The Bertz CT molecular complexity index is 3160. The van der Waals surface area contributed by atoms with Crippen LogP contribution in [0.4, 0.5) is 0 Å². The summed E-state index contributed by atoms with van der Waals surface area (Å²) in [7, 11) is 0. The quantitative estimate of drug-likeness (QED) is 0.175. The topological polar surface area (TPSA) is 56.7 Å². The minimum atomic E-state index is -0.478. The molecule has 0 saturated heterocycles. The van der Waals surface area contributed by atoms with Gasteiger partial charge in [-0.3, -0.25) is 4.57 Å². The fourth-order valence-electron chi connectivity index (χ4n) is 10.6. The Morgan fingerprint density at radius 2 is 1.25 bits per heavy atom. The summed E-state index contributed by atoms with van der Waals surface area (Å²) in [6, 6.07) is 53.9. The lowest BCUT2D eigenvalue weighted by atomic mass is 9.63. The highest BCUT2D eigenvalue weighted by Gasteiger charge is 2.49. The first kappa shape index (κ1) is 34.0. The Morgan fingerprint density at radius 3 is 2.03 bits per heavy atom. The lowest BCUT2D eigenvalue weighted by molar-refractivity contribution is 0.635. The summed E-state index contributed by atoms with van der Waals surface area (Å²) in [4.78, 5) is 16.1. The summed E-state index contributed by atoms with van der Waals surface area (Å²) in [5, 5.41) is 2.12. The van der Waals surface area contributed by atoms with Crippen LogP contribution >= 0.6 is 0 Å². The number of nitrogens with zero attached hydrogens (tertiary/aromatic N) is 4. The standard InChI is InChI=1S/C54H40N4O/c1-33-17-15-26-42-48-34(2)31-37(54(36-20-7-4-8-21-36)44-28-12-9-22-38(44)39-23-10-13-29-45(39)54)32-46(48)58(49(33)42)53-56-51(35-18-5-3-6-19-35)55-52(57-53)43-27-16-25-41-40-24-11-14-30-47(40)59-50(41)43/h3-16,18-30,32-34H,17,31H2,1-2H3. The fourth-order valence-corrected chi connectivity index (χ4v) is 10.6. The van der Waals surface area contributed by atoms with Crippen LogP contribution in [0.2, 0.25) is 0 Å². The van der Waals surface area contributed by atoms with Gasteiger partial charge in [-0.15, -0.1) is 0 Å². The van der Waals surface area contributed by atoms with Gasteiger partial charge >= 0.3 is 0 Å². The monoisotopic (exact) mass is 760 g/mol. The second-order valence-corrected chi connectivity index (χ2v) is 16.4. The molecule has 0 amide bonds. The van der Waals surface area contributed by atoms with Crippen molar-refractivity contribution in [3.05, 3.63) is 203 Å². The van der Waals surface area contributed by atoms with Crippen LogP contribution in [0.5, 0.6) is 0 Å². The molecule has 282 valence electrons. The highest BCUT2D eigenvalue weighted by molar-refractivity contribution is 6.09. The van der Waals surface area contributed by atoms with Gasteiger partial charge in [-0.1, -0.05) is 166 Å². The molecule has 59 heavy (non-hydrogen) atoms. The van der Waals surface area contributed by atoms with Crippen molar-refractivity contribution >= 4 is 34.1 Å². The van der Waals surface area contributed by atoms with Crippen LogP contribution in [-0.2, 0) is 5.41 Å². The third-order valence-corrected chi connectivity index (χ3v) is 13.0. The number of hydrogen-bond donors (Lipinski definition) is 0. The van der Waals surface area contributed by atoms with E-state index in [4.69, 9.17) is 19.4 Å². The molecule has 0 bridgehead atoms. The van der Waals surface area contributed by atoms with Crippen LogP contribution in [0.25, 0.3) is 73.9 Å². The molecule has 0 spiro atoms. The molecule has 12 rings (SSSR count). The van der Waals surface area contributed by atoms with Gasteiger partial charge in [0.25, 0.3) is 0 Å². The Hall–Kier alpha value is -7.11. The van der Waals surface area contributed by atoms with E-state index in [0.29, 0.717) is 17.6 Å². The zero-order chi connectivity index (χ0) is 39.2. The van der Waals surface area contributed by atoms with Crippen molar-refractivity contribution in [2.45, 2.75) is 43.9 Å². The number of benzene rings is 6. The first-order valence-electron chi connectivity index (χ1n) is 20.7. The van der Waals surface area contributed by atoms with E-state index in [0.717, 1.165) is 51.6 Å². The molecule has 0 N–H and O–H groups in total. The second kappa shape index (κ2) is 13.0. The molecule has 0 radical (unpaired) electrons. The van der Waals surface area contributed by atoms with Gasteiger partial charge in [-0.05, 0) is 81.5 Å². The van der Waals surface area contributed by atoms with Crippen LogP contribution in [0.1, 0.15) is 77.7 Å². The van der Waals surface area contributed by atoms with Crippen molar-refractivity contribution in [2.24, 2.45) is 0 Å². The molecule has 3 heterocycles. The van der Waals surface area contributed by atoms with Crippen molar-refractivity contribution in [2.75, 3.05) is 0 Å². The van der Waals surface area contributed by atoms with Gasteiger partial charge in [0.15, 0.2) is 11.6 Å². The predicted molar refractivity (Wildman–Crippen MR) is 239 cm³/mol. The second-order valence-electron chi connectivity index (χ2n) is 16.4. The summed E-state index contributed by atoms with van der Waals surface area (Å²) in [6.07, 6.45) is 9.05. The molecule has 0 saturated carbocycles. The van der Waals surface area contributed by atoms with Crippen molar-refractivity contribution in [1.29, 1.82) is 0 Å². The van der Waals surface area contributed by atoms with E-state index in [1.165, 1.54) is 50.2 Å². The van der Waals surface area contributed by atoms with Crippen molar-refractivity contribution in [1.82, 2.24) is 19.5 Å². The molecule has 9 aromatic rings. The number of allylic oxidation sites excluding steroid dienone is 2. The maximum atomic E-state index is 6.58. The molecule has 5 heteroatoms.